The number of nitrogens with zero attached hydrogens (tertiary/aromatic N) is 2. The molecule has 0 amide bonds. The molecule has 0 spiro atoms. The van der Waals surface area contributed by atoms with Crippen molar-refractivity contribution in [2.75, 3.05) is 6.79 Å². The predicted molar refractivity (Wildman–Crippen MR) is 63.8 cm³/mol. The standard InChI is InChI=1S/C13H12N2O5.Na/c16-12(17)3-1-2-11-14-13(15-20-11)8-4-5-9-10(6-8)19-7-18-9;/h4-6H,1-3,7H2,(H,16,17);/q;+1/p-1. The second kappa shape index (κ2) is 6.93. The fourth-order valence-electron chi connectivity index (χ4n) is 1.89. The van der Waals surface area contributed by atoms with E-state index in [9.17, 15) is 9.90 Å². The predicted octanol–water partition coefficient (Wildman–Crippen LogP) is -2.46. The van der Waals surface area contributed by atoms with Crippen molar-refractivity contribution in [2.24, 2.45) is 0 Å². The maximum atomic E-state index is 10.3. The van der Waals surface area contributed by atoms with Crippen molar-refractivity contribution >= 4 is 5.97 Å². The molecule has 0 saturated heterocycles. The third-order valence-corrected chi connectivity index (χ3v) is 2.87. The van der Waals surface area contributed by atoms with Gasteiger partial charge in [-0.3, -0.25) is 0 Å². The van der Waals surface area contributed by atoms with Crippen LogP contribution in [0.25, 0.3) is 11.4 Å². The topological polar surface area (TPSA) is 97.5 Å². The Morgan fingerprint density at radius 1 is 1.29 bits per heavy atom. The number of benzene rings is 1. The van der Waals surface area contributed by atoms with Crippen molar-refractivity contribution in [3.8, 4) is 22.9 Å². The summed E-state index contributed by atoms with van der Waals surface area (Å²) in [5, 5.41) is 14.2. The maximum Gasteiger partial charge on any atom is 1.00 e. The van der Waals surface area contributed by atoms with E-state index in [0.29, 0.717) is 36.1 Å². The van der Waals surface area contributed by atoms with E-state index < -0.39 is 5.97 Å². The zero-order valence-electron chi connectivity index (χ0n) is 11.5. The number of ether oxygens (including phenoxy) is 2. The summed E-state index contributed by atoms with van der Waals surface area (Å²) >= 11 is 0. The van der Waals surface area contributed by atoms with E-state index in [-0.39, 0.29) is 42.8 Å². The average Bonchev–Trinajstić information content (AvgIpc) is 3.05. The van der Waals surface area contributed by atoms with E-state index in [2.05, 4.69) is 10.1 Å². The summed E-state index contributed by atoms with van der Waals surface area (Å²) in [5.74, 6) is 1.09. The van der Waals surface area contributed by atoms with Crippen LogP contribution in [0.2, 0.25) is 0 Å². The van der Waals surface area contributed by atoms with E-state index in [1.807, 2.05) is 6.07 Å². The van der Waals surface area contributed by atoms with Gasteiger partial charge in [0, 0.05) is 18.0 Å². The number of fused-ring (bicyclic) bond motifs is 1. The van der Waals surface area contributed by atoms with Gasteiger partial charge in [-0.15, -0.1) is 0 Å². The second-order valence-corrected chi connectivity index (χ2v) is 4.31. The third-order valence-electron chi connectivity index (χ3n) is 2.87. The summed E-state index contributed by atoms with van der Waals surface area (Å²) in [6, 6.07) is 5.37. The fourth-order valence-corrected chi connectivity index (χ4v) is 1.89. The molecule has 104 valence electrons. The first kappa shape index (κ1) is 15.8. The van der Waals surface area contributed by atoms with Crippen LogP contribution in [0, 0.1) is 0 Å². The Morgan fingerprint density at radius 3 is 2.90 bits per heavy atom. The number of carbonyl (C=O) groups excluding carboxylic acids is 1. The molecule has 8 heteroatoms. The SMILES string of the molecule is O=C([O-])CCCc1nc(-c2ccc3c(c2)OCO3)no1.[Na+]. The van der Waals surface area contributed by atoms with Gasteiger partial charge in [0.05, 0.1) is 0 Å². The average molecular weight is 298 g/mol. The Labute approximate surface area is 142 Å². The number of aromatic nitrogens is 2. The zero-order chi connectivity index (χ0) is 13.9. The Kier molecular flexibility index (Phi) is 5.22. The molecule has 0 N–H and O–H groups in total. The molecule has 1 aromatic carbocycles. The van der Waals surface area contributed by atoms with Gasteiger partial charge in [0.2, 0.25) is 18.5 Å². The van der Waals surface area contributed by atoms with Gasteiger partial charge in [-0.25, -0.2) is 0 Å². The van der Waals surface area contributed by atoms with Crippen LogP contribution in [0.15, 0.2) is 22.7 Å². The zero-order valence-corrected chi connectivity index (χ0v) is 13.5. The van der Waals surface area contributed by atoms with Crippen LogP contribution < -0.4 is 44.1 Å². The van der Waals surface area contributed by atoms with Crippen molar-refractivity contribution in [1.82, 2.24) is 10.1 Å². The Bertz CT molecular complexity index is 643. The van der Waals surface area contributed by atoms with Gasteiger partial charge in [0.15, 0.2) is 11.5 Å². The van der Waals surface area contributed by atoms with E-state index in [0.717, 1.165) is 5.56 Å². The van der Waals surface area contributed by atoms with Crippen molar-refractivity contribution in [3.63, 3.8) is 0 Å². The number of carboxylic acid groups (broad SMARTS) is 1. The minimum absolute atomic E-state index is 0. The minimum Gasteiger partial charge on any atom is -0.550 e. The molecular weight excluding hydrogens is 287 g/mol. The van der Waals surface area contributed by atoms with Crippen molar-refractivity contribution in [2.45, 2.75) is 19.3 Å². The van der Waals surface area contributed by atoms with Crippen LogP contribution in [0.5, 0.6) is 11.5 Å². The Morgan fingerprint density at radius 2 is 2.10 bits per heavy atom. The number of carbonyl (C=O) groups is 1. The molecule has 0 bridgehead atoms. The summed E-state index contributed by atoms with van der Waals surface area (Å²) in [6.07, 6.45) is 0.790. The number of hydrogen-bond acceptors (Lipinski definition) is 7. The fraction of sp³-hybridized carbons (Fsp3) is 0.308. The van der Waals surface area contributed by atoms with E-state index in [1.165, 1.54) is 0 Å². The molecule has 2 heterocycles. The smallest absolute Gasteiger partial charge is 0.550 e. The monoisotopic (exact) mass is 298 g/mol. The first-order chi connectivity index (χ1) is 9.72. The molecule has 2 aromatic rings. The molecule has 1 aliphatic rings. The normalized spacial score (nSPS) is 12.0. The van der Waals surface area contributed by atoms with Gasteiger partial charge in [-0.05, 0) is 31.0 Å². The van der Waals surface area contributed by atoms with Crippen molar-refractivity contribution in [1.29, 1.82) is 0 Å². The Hall–Kier alpha value is -1.57. The molecule has 1 aliphatic heterocycles. The molecule has 0 fully saturated rings. The molecule has 21 heavy (non-hydrogen) atoms. The number of aliphatic carboxylic acids is 1. The summed E-state index contributed by atoms with van der Waals surface area (Å²) in [4.78, 5) is 14.5. The van der Waals surface area contributed by atoms with Gasteiger partial charge in [-0.1, -0.05) is 5.16 Å². The molecule has 0 aliphatic carbocycles. The largest absolute Gasteiger partial charge is 1.00 e. The van der Waals surface area contributed by atoms with E-state index in [1.54, 1.807) is 12.1 Å². The van der Waals surface area contributed by atoms with Crippen LogP contribution in [-0.4, -0.2) is 22.9 Å². The van der Waals surface area contributed by atoms with Gasteiger partial charge >= 0.3 is 29.6 Å². The Balaban J connectivity index is 0.00000161. The molecular formula is C13H11N2NaO5. The molecule has 0 atom stereocenters. The van der Waals surface area contributed by atoms with E-state index in [4.69, 9.17) is 14.0 Å². The second-order valence-electron chi connectivity index (χ2n) is 4.31. The summed E-state index contributed by atoms with van der Waals surface area (Å²) in [7, 11) is 0. The van der Waals surface area contributed by atoms with Crippen LogP contribution in [0.3, 0.4) is 0 Å². The summed E-state index contributed by atoms with van der Waals surface area (Å²) in [6.45, 7) is 0.208. The van der Waals surface area contributed by atoms with Crippen molar-refractivity contribution in [3.05, 3.63) is 24.1 Å². The van der Waals surface area contributed by atoms with Gasteiger partial charge in [0.25, 0.3) is 0 Å². The van der Waals surface area contributed by atoms with Crippen LogP contribution >= 0.6 is 0 Å². The minimum atomic E-state index is -1.08. The van der Waals surface area contributed by atoms with Crippen LogP contribution in [-0.2, 0) is 11.2 Å². The number of hydrogen-bond donors (Lipinski definition) is 0. The number of carboxylic acids is 1. The molecule has 0 radical (unpaired) electrons. The summed E-state index contributed by atoms with van der Waals surface area (Å²) < 4.78 is 15.6. The molecule has 3 rings (SSSR count). The van der Waals surface area contributed by atoms with Gasteiger partial charge < -0.3 is 23.9 Å². The van der Waals surface area contributed by atoms with Crippen LogP contribution in [0.4, 0.5) is 0 Å². The first-order valence-electron chi connectivity index (χ1n) is 6.15. The van der Waals surface area contributed by atoms with E-state index >= 15 is 0 Å². The maximum absolute atomic E-state index is 10.3. The molecule has 1 aromatic heterocycles. The van der Waals surface area contributed by atoms with Gasteiger partial charge in [0.1, 0.15) is 0 Å². The number of aryl methyl sites for hydroxylation is 1. The summed E-state index contributed by atoms with van der Waals surface area (Å²) in [5.41, 5.74) is 0.754. The van der Waals surface area contributed by atoms with Crippen LogP contribution in [0.1, 0.15) is 18.7 Å². The molecule has 0 saturated carbocycles. The molecule has 0 unspecified atom stereocenters. The first-order valence-corrected chi connectivity index (χ1v) is 6.15. The number of rotatable bonds is 5. The third kappa shape index (κ3) is 3.75. The molecule has 7 nitrogen and oxygen atoms in total. The van der Waals surface area contributed by atoms with Gasteiger partial charge in [-0.2, -0.15) is 4.98 Å². The van der Waals surface area contributed by atoms with Crippen molar-refractivity contribution < 1.29 is 53.5 Å². The quantitative estimate of drug-likeness (QED) is 0.565.